The summed E-state index contributed by atoms with van der Waals surface area (Å²) >= 11 is 12.0. The number of amides is 1. The fraction of sp³-hybridized carbons (Fsp3) is 0.294. The van der Waals surface area contributed by atoms with Crippen LogP contribution in [-0.4, -0.2) is 33.7 Å². The topological polar surface area (TPSA) is 65.5 Å². The number of nitrogens with one attached hydrogen (secondary N) is 1. The number of halogens is 3. The van der Waals surface area contributed by atoms with E-state index in [2.05, 4.69) is 10.3 Å². The molecule has 0 atom stereocenters. The minimum atomic E-state index is -1.06. The number of benzene rings is 1. The third kappa shape index (κ3) is 4.74. The molecule has 0 spiro atoms. The van der Waals surface area contributed by atoms with Crippen LogP contribution in [0.2, 0.25) is 10.0 Å². The van der Waals surface area contributed by atoms with Crippen LogP contribution in [0.1, 0.15) is 19.4 Å². The van der Waals surface area contributed by atoms with Crippen molar-refractivity contribution in [3.05, 3.63) is 51.9 Å². The highest BCUT2D eigenvalue weighted by Crippen LogP contribution is 2.30. The molecule has 1 aromatic carbocycles. The Labute approximate surface area is 155 Å². The van der Waals surface area contributed by atoms with Crippen LogP contribution < -0.4 is 5.32 Å². The summed E-state index contributed by atoms with van der Waals surface area (Å²) in [7, 11) is 1.48. The fourth-order valence-electron chi connectivity index (χ4n) is 2.31. The quantitative estimate of drug-likeness (QED) is 0.741. The van der Waals surface area contributed by atoms with Gasteiger partial charge in [0.25, 0.3) is 0 Å². The molecule has 2 rings (SSSR count). The van der Waals surface area contributed by atoms with Crippen molar-refractivity contribution in [2.75, 3.05) is 12.4 Å². The Morgan fingerprint density at radius 2 is 2.04 bits per heavy atom. The van der Waals surface area contributed by atoms with Crippen molar-refractivity contribution < 1.29 is 14.3 Å². The summed E-state index contributed by atoms with van der Waals surface area (Å²) in [6.07, 6.45) is 0.681. The second-order valence-electron chi connectivity index (χ2n) is 6.24. The van der Waals surface area contributed by atoms with Crippen LogP contribution >= 0.6 is 23.2 Å². The number of nitrogens with zero attached hydrogens (tertiary/aromatic N) is 2. The fourth-order valence-corrected chi connectivity index (χ4v) is 2.74. The summed E-state index contributed by atoms with van der Waals surface area (Å²) < 4.78 is 13.7. The third-order valence-corrected chi connectivity index (χ3v) is 4.44. The first-order valence-electron chi connectivity index (χ1n) is 7.43. The summed E-state index contributed by atoms with van der Waals surface area (Å²) in [5.41, 5.74) is 0.448. The number of hydrogen-bond acceptors (Lipinski definition) is 3. The maximum absolute atomic E-state index is 13.7. The standard InChI is InChI=1S/C17H18Cl2FN3O2/c1-17(2,23(3)16(24)25)8-10-6-12(20)4-5-14(10)22-15-13(19)7-11(18)9-21-15/h4-7,9H,8H2,1-3H3,(H,21,22)(H,24,25). The molecule has 0 unspecified atom stereocenters. The Kier molecular flexibility index (Phi) is 5.75. The van der Waals surface area contributed by atoms with Crippen molar-refractivity contribution in [2.45, 2.75) is 25.8 Å². The van der Waals surface area contributed by atoms with Gasteiger partial charge in [-0.25, -0.2) is 14.2 Å². The molecule has 0 bridgehead atoms. The maximum atomic E-state index is 13.7. The van der Waals surface area contributed by atoms with Crippen LogP contribution in [0.5, 0.6) is 0 Å². The molecule has 0 saturated carbocycles. The Morgan fingerprint density at radius 3 is 2.64 bits per heavy atom. The molecule has 2 N–H and O–H groups in total. The van der Waals surface area contributed by atoms with E-state index in [0.717, 1.165) is 0 Å². The Balaban J connectivity index is 2.36. The van der Waals surface area contributed by atoms with Gasteiger partial charge in [0.15, 0.2) is 0 Å². The lowest BCUT2D eigenvalue weighted by atomic mass is 9.92. The lowest BCUT2D eigenvalue weighted by molar-refractivity contribution is 0.110. The van der Waals surface area contributed by atoms with E-state index in [1.165, 1.54) is 30.3 Å². The van der Waals surface area contributed by atoms with Crippen LogP contribution in [0.15, 0.2) is 30.5 Å². The summed E-state index contributed by atoms with van der Waals surface area (Å²) in [5.74, 6) is -0.0344. The predicted octanol–water partition coefficient (Wildman–Crippen LogP) is 5.20. The normalized spacial score (nSPS) is 11.3. The number of pyridine rings is 1. The molecule has 0 saturated heterocycles. The molecule has 2 aromatic rings. The Bertz CT molecular complexity index is 799. The van der Waals surface area contributed by atoms with E-state index in [9.17, 15) is 14.3 Å². The van der Waals surface area contributed by atoms with Crippen LogP contribution in [0.4, 0.5) is 20.7 Å². The van der Waals surface area contributed by atoms with Gasteiger partial charge in [-0.2, -0.15) is 0 Å². The monoisotopic (exact) mass is 385 g/mol. The first kappa shape index (κ1) is 19.3. The molecule has 0 fully saturated rings. The molecule has 0 aliphatic rings. The second kappa shape index (κ2) is 7.45. The summed E-state index contributed by atoms with van der Waals surface area (Å²) in [6.45, 7) is 3.53. The van der Waals surface area contributed by atoms with E-state index in [0.29, 0.717) is 33.5 Å². The minimum absolute atomic E-state index is 0.293. The van der Waals surface area contributed by atoms with Crippen molar-refractivity contribution in [1.29, 1.82) is 0 Å². The molecular formula is C17H18Cl2FN3O2. The van der Waals surface area contributed by atoms with Gasteiger partial charge < -0.3 is 15.3 Å². The Hall–Kier alpha value is -2.05. The smallest absolute Gasteiger partial charge is 0.407 e. The summed E-state index contributed by atoms with van der Waals surface area (Å²) in [4.78, 5) is 16.6. The molecule has 1 aromatic heterocycles. The number of anilines is 2. The van der Waals surface area contributed by atoms with Crippen molar-refractivity contribution in [1.82, 2.24) is 9.88 Å². The molecule has 0 aliphatic carbocycles. The lowest BCUT2D eigenvalue weighted by Crippen LogP contribution is -2.46. The van der Waals surface area contributed by atoms with E-state index in [1.54, 1.807) is 26.0 Å². The molecule has 5 nitrogen and oxygen atoms in total. The molecule has 1 heterocycles. The maximum Gasteiger partial charge on any atom is 0.407 e. The zero-order chi connectivity index (χ0) is 18.8. The first-order valence-corrected chi connectivity index (χ1v) is 8.19. The number of rotatable bonds is 5. The molecular weight excluding hydrogens is 368 g/mol. The van der Waals surface area contributed by atoms with Crippen LogP contribution in [0, 0.1) is 5.82 Å². The summed E-state index contributed by atoms with van der Waals surface area (Å²) in [5, 5.41) is 13.0. The van der Waals surface area contributed by atoms with Crippen molar-refractivity contribution in [3.63, 3.8) is 0 Å². The Morgan fingerprint density at radius 1 is 1.36 bits per heavy atom. The van der Waals surface area contributed by atoms with Gasteiger partial charge in [0.05, 0.1) is 10.0 Å². The van der Waals surface area contributed by atoms with Crippen molar-refractivity contribution in [2.24, 2.45) is 0 Å². The van der Waals surface area contributed by atoms with Gasteiger partial charge in [0.2, 0.25) is 0 Å². The summed E-state index contributed by atoms with van der Waals surface area (Å²) in [6, 6.07) is 5.78. The molecule has 0 aliphatic heterocycles. The zero-order valence-electron chi connectivity index (χ0n) is 14.0. The molecule has 0 radical (unpaired) electrons. The van der Waals surface area contributed by atoms with Gasteiger partial charge in [-0.1, -0.05) is 23.2 Å². The van der Waals surface area contributed by atoms with Gasteiger partial charge in [-0.05, 0) is 50.1 Å². The SMILES string of the molecule is CN(C(=O)O)C(C)(C)Cc1cc(F)ccc1Nc1ncc(Cl)cc1Cl. The highest BCUT2D eigenvalue weighted by molar-refractivity contribution is 6.36. The first-order chi connectivity index (χ1) is 11.6. The molecule has 1 amide bonds. The zero-order valence-corrected chi connectivity index (χ0v) is 15.5. The van der Waals surface area contributed by atoms with Crippen molar-refractivity contribution >= 4 is 40.8 Å². The second-order valence-corrected chi connectivity index (χ2v) is 7.08. The van der Waals surface area contributed by atoms with Crippen LogP contribution in [-0.2, 0) is 6.42 Å². The van der Waals surface area contributed by atoms with E-state index >= 15 is 0 Å². The molecule has 134 valence electrons. The van der Waals surface area contributed by atoms with Gasteiger partial charge in [-0.15, -0.1) is 0 Å². The van der Waals surface area contributed by atoms with Crippen LogP contribution in [0.3, 0.4) is 0 Å². The highest BCUT2D eigenvalue weighted by atomic mass is 35.5. The average Bonchev–Trinajstić information content (AvgIpc) is 2.51. The third-order valence-electron chi connectivity index (χ3n) is 3.95. The van der Waals surface area contributed by atoms with E-state index in [-0.39, 0.29) is 0 Å². The number of likely N-dealkylation sites (N-methyl/N-ethyl adjacent to an activating group) is 1. The largest absolute Gasteiger partial charge is 0.465 e. The van der Waals surface area contributed by atoms with Gasteiger partial charge in [-0.3, -0.25) is 0 Å². The van der Waals surface area contributed by atoms with Gasteiger partial charge in [0, 0.05) is 24.5 Å². The van der Waals surface area contributed by atoms with E-state index in [1.807, 2.05) is 0 Å². The number of carbonyl (C=O) groups is 1. The lowest BCUT2D eigenvalue weighted by Gasteiger charge is -2.34. The molecule has 25 heavy (non-hydrogen) atoms. The molecule has 8 heteroatoms. The highest BCUT2D eigenvalue weighted by Gasteiger charge is 2.29. The predicted molar refractivity (Wildman–Crippen MR) is 97.5 cm³/mol. The number of carboxylic acid groups (broad SMARTS) is 1. The van der Waals surface area contributed by atoms with Crippen molar-refractivity contribution in [3.8, 4) is 0 Å². The number of aromatic nitrogens is 1. The minimum Gasteiger partial charge on any atom is -0.465 e. The van der Waals surface area contributed by atoms with Crippen LogP contribution in [0.25, 0.3) is 0 Å². The number of hydrogen-bond donors (Lipinski definition) is 2. The van der Waals surface area contributed by atoms with Gasteiger partial charge >= 0.3 is 6.09 Å². The van der Waals surface area contributed by atoms with Gasteiger partial charge in [0.1, 0.15) is 11.6 Å². The van der Waals surface area contributed by atoms with E-state index < -0.39 is 17.4 Å². The average molecular weight is 386 g/mol. The van der Waals surface area contributed by atoms with E-state index in [4.69, 9.17) is 23.2 Å².